The van der Waals surface area contributed by atoms with Crippen LogP contribution in [-0.2, 0) is 0 Å². The predicted octanol–water partition coefficient (Wildman–Crippen LogP) is 3.36. The molecule has 0 spiro atoms. The number of ether oxygens (including phenoxy) is 1. The summed E-state index contributed by atoms with van der Waals surface area (Å²) >= 11 is 0. The summed E-state index contributed by atoms with van der Waals surface area (Å²) in [5, 5.41) is 5.57. The van der Waals surface area contributed by atoms with Crippen molar-refractivity contribution in [3.8, 4) is 5.75 Å². The molecule has 0 saturated heterocycles. The molecule has 2 amide bonds. The third-order valence-electron chi connectivity index (χ3n) is 3.03. The highest BCUT2D eigenvalue weighted by molar-refractivity contribution is 6.00. The molecule has 110 valence electrons. The molecule has 2 rings (SSSR count). The van der Waals surface area contributed by atoms with Gasteiger partial charge in [-0.2, -0.15) is 0 Å². The van der Waals surface area contributed by atoms with Gasteiger partial charge in [-0.1, -0.05) is 24.3 Å². The maximum Gasteiger partial charge on any atom is 0.323 e. The summed E-state index contributed by atoms with van der Waals surface area (Å²) in [4.78, 5) is 12.1. The summed E-state index contributed by atoms with van der Waals surface area (Å²) in [6, 6.07) is 14.1. The molecule has 0 aliphatic rings. The number of nitrogens with two attached hydrogens (primary N) is 1. The summed E-state index contributed by atoms with van der Waals surface area (Å²) in [6.45, 7) is 1.88. The van der Waals surface area contributed by atoms with E-state index in [1.165, 1.54) is 0 Å². The van der Waals surface area contributed by atoms with Gasteiger partial charge >= 0.3 is 6.03 Å². The molecule has 2 aromatic carbocycles. The molecule has 0 aliphatic carbocycles. The number of methoxy groups -OCH3 is 1. The van der Waals surface area contributed by atoms with Gasteiger partial charge in [0, 0.05) is 23.5 Å². The molecule has 1 atom stereocenters. The zero-order valence-corrected chi connectivity index (χ0v) is 12.1. The van der Waals surface area contributed by atoms with Gasteiger partial charge in [0.1, 0.15) is 5.75 Å². The van der Waals surface area contributed by atoms with Crippen LogP contribution in [0, 0.1) is 0 Å². The second kappa shape index (κ2) is 6.76. The van der Waals surface area contributed by atoms with Crippen LogP contribution in [0.25, 0.3) is 0 Å². The summed E-state index contributed by atoms with van der Waals surface area (Å²) in [6.07, 6.45) is 0. The largest absolute Gasteiger partial charge is 0.497 e. The Morgan fingerprint density at radius 2 is 1.90 bits per heavy atom. The quantitative estimate of drug-likeness (QED) is 0.806. The monoisotopic (exact) mass is 285 g/mol. The maximum absolute atomic E-state index is 12.1. The van der Waals surface area contributed by atoms with Gasteiger partial charge in [-0.15, -0.1) is 0 Å². The van der Waals surface area contributed by atoms with E-state index < -0.39 is 0 Å². The van der Waals surface area contributed by atoms with E-state index in [9.17, 15) is 4.79 Å². The van der Waals surface area contributed by atoms with Crippen LogP contribution in [0.4, 0.5) is 16.2 Å². The lowest BCUT2D eigenvalue weighted by Crippen LogP contribution is -2.21. The molecule has 0 fully saturated rings. The molecule has 0 aromatic heterocycles. The number of anilines is 2. The Labute approximate surface area is 124 Å². The van der Waals surface area contributed by atoms with Crippen molar-refractivity contribution in [2.24, 2.45) is 5.73 Å². The number of benzene rings is 2. The van der Waals surface area contributed by atoms with E-state index >= 15 is 0 Å². The predicted molar refractivity (Wildman–Crippen MR) is 84.7 cm³/mol. The Balaban J connectivity index is 2.08. The van der Waals surface area contributed by atoms with Gasteiger partial charge in [-0.25, -0.2) is 4.79 Å². The van der Waals surface area contributed by atoms with Crippen LogP contribution in [0.5, 0.6) is 5.75 Å². The first-order valence-corrected chi connectivity index (χ1v) is 6.66. The first-order chi connectivity index (χ1) is 10.1. The first kappa shape index (κ1) is 14.9. The van der Waals surface area contributed by atoms with Crippen LogP contribution < -0.4 is 21.1 Å². The summed E-state index contributed by atoms with van der Waals surface area (Å²) < 4.78 is 5.12. The highest BCUT2D eigenvalue weighted by Crippen LogP contribution is 2.21. The minimum Gasteiger partial charge on any atom is -0.497 e. The van der Waals surface area contributed by atoms with Gasteiger partial charge in [0.15, 0.2) is 0 Å². The second-order valence-electron chi connectivity index (χ2n) is 4.69. The third-order valence-corrected chi connectivity index (χ3v) is 3.03. The smallest absolute Gasteiger partial charge is 0.323 e. The zero-order chi connectivity index (χ0) is 15.2. The van der Waals surface area contributed by atoms with E-state index in [2.05, 4.69) is 10.6 Å². The number of carbonyl (C=O) groups excluding carboxylic acids is 1. The number of carbonyl (C=O) groups is 1. The van der Waals surface area contributed by atoms with Gasteiger partial charge in [-0.05, 0) is 30.7 Å². The van der Waals surface area contributed by atoms with Crippen molar-refractivity contribution in [1.82, 2.24) is 0 Å². The van der Waals surface area contributed by atoms with Crippen molar-refractivity contribution in [2.45, 2.75) is 13.0 Å². The van der Waals surface area contributed by atoms with Gasteiger partial charge in [0.05, 0.1) is 7.11 Å². The molecule has 5 nitrogen and oxygen atoms in total. The number of amides is 2. The second-order valence-corrected chi connectivity index (χ2v) is 4.69. The molecule has 2 aromatic rings. The molecule has 0 heterocycles. The average Bonchev–Trinajstić information content (AvgIpc) is 2.47. The molecule has 21 heavy (non-hydrogen) atoms. The summed E-state index contributed by atoms with van der Waals surface area (Å²) in [5.41, 5.74) is 8.14. The zero-order valence-electron chi connectivity index (χ0n) is 12.1. The molecular weight excluding hydrogens is 266 g/mol. The van der Waals surface area contributed by atoms with Gasteiger partial charge in [0.2, 0.25) is 0 Å². The van der Waals surface area contributed by atoms with E-state index in [4.69, 9.17) is 10.5 Å². The Morgan fingerprint density at radius 1 is 1.14 bits per heavy atom. The number of urea groups is 1. The average molecular weight is 285 g/mol. The minimum absolute atomic E-state index is 0.154. The molecule has 0 bridgehead atoms. The third kappa shape index (κ3) is 3.97. The maximum atomic E-state index is 12.1. The number of nitrogens with one attached hydrogen (secondary N) is 2. The molecule has 0 saturated carbocycles. The van der Waals surface area contributed by atoms with Gasteiger partial charge in [0.25, 0.3) is 0 Å². The number of hydrogen-bond donors (Lipinski definition) is 3. The van der Waals surface area contributed by atoms with Crippen LogP contribution in [0.3, 0.4) is 0 Å². The van der Waals surface area contributed by atoms with E-state index in [1.54, 1.807) is 19.2 Å². The van der Waals surface area contributed by atoms with Gasteiger partial charge in [-0.3, -0.25) is 0 Å². The van der Waals surface area contributed by atoms with Crippen molar-refractivity contribution in [3.05, 3.63) is 54.1 Å². The van der Waals surface area contributed by atoms with E-state index in [1.807, 2.05) is 43.3 Å². The highest BCUT2D eigenvalue weighted by atomic mass is 16.5. The Hall–Kier alpha value is -2.53. The van der Waals surface area contributed by atoms with Crippen LogP contribution in [0.1, 0.15) is 18.5 Å². The molecule has 0 radical (unpaired) electrons. The number of para-hydroxylation sites is 1. The molecular formula is C16H19N3O2. The molecule has 1 unspecified atom stereocenters. The molecule has 4 N–H and O–H groups in total. The van der Waals surface area contributed by atoms with Crippen LogP contribution in [0.15, 0.2) is 48.5 Å². The van der Waals surface area contributed by atoms with Crippen molar-refractivity contribution < 1.29 is 9.53 Å². The number of hydrogen-bond acceptors (Lipinski definition) is 3. The normalized spacial score (nSPS) is 11.6. The number of rotatable bonds is 4. The minimum atomic E-state index is -0.323. The fourth-order valence-corrected chi connectivity index (χ4v) is 1.99. The summed E-state index contributed by atoms with van der Waals surface area (Å²) in [5.74, 6) is 0.684. The highest BCUT2D eigenvalue weighted by Gasteiger charge is 2.09. The van der Waals surface area contributed by atoms with E-state index in [0.29, 0.717) is 17.1 Å². The molecule has 0 aliphatic heterocycles. The Bertz CT molecular complexity index is 626. The van der Waals surface area contributed by atoms with Crippen molar-refractivity contribution in [1.29, 1.82) is 0 Å². The lowest BCUT2D eigenvalue weighted by molar-refractivity contribution is 0.262. The van der Waals surface area contributed by atoms with Crippen LogP contribution in [-0.4, -0.2) is 13.1 Å². The lowest BCUT2D eigenvalue weighted by atomic mass is 10.1. The molecule has 5 heteroatoms. The van der Waals surface area contributed by atoms with Crippen LogP contribution in [0.2, 0.25) is 0 Å². The Morgan fingerprint density at radius 3 is 2.62 bits per heavy atom. The topological polar surface area (TPSA) is 76.4 Å². The van der Waals surface area contributed by atoms with Crippen molar-refractivity contribution >= 4 is 17.4 Å². The van der Waals surface area contributed by atoms with Crippen molar-refractivity contribution in [3.63, 3.8) is 0 Å². The van der Waals surface area contributed by atoms with E-state index in [-0.39, 0.29) is 12.1 Å². The van der Waals surface area contributed by atoms with Gasteiger partial charge < -0.3 is 21.1 Å². The lowest BCUT2D eigenvalue weighted by Gasteiger charge is -2.14. The SMILES string of the molecule is COc1cccc(NC(=O)Nc2ccccc2C(C)N)c1. The standard InChI is InChI=1S/C16H19N3O2/c1-11(17)14-8-3-4-9-15(14)19-16(20)18-12-6-5-7-13(10-12)21-2/h3-11H,17H2,1-2H3,(H2,18,19,20). The fourth-order valence-electron chi connectivity index (χ4n) is 1.99. The Kier molecular flexibility index (Phi) is 4.79. The first-order valence-electron chi connectivity index (χ1n) is 6.66. The summed E-state index contributed by atoms with van der Waals surface area (Å²) in [7, 11) is 1.58. The van der Waals surface area contributed by atoms with E-state index in [0.717, 1.165) is 5.56 Å². The van der Waals surface area contributed by atoms with Crippen molar-refractivity contribution in [2.75, 3.05) is 17.7 Å². The fraction of sp³-hybridized carbons (Fsp3) is 0.188. The van der Waals surface area contributed by atoms with Crippen LogP contribution >= 0.6 is 0 Å².